The Morgan fingerprint density at radius 2 is 2.11 bits per heavy atom. The van der Waals surface area contributed by atoms with E-state index >= 15 is 0 Å². The van der Waals surface area contributed by atoms with Crippen LogP contribution in [0.3, 0.4) is 0 Å². The monoisotopic (exact) mass is 264 g/mol. The number of hydrogen-bond donors (Lipinski definition) is 1. The van der Waals surface area contributed by atoms with Gasteiger partial charge in [0.25, 0.3) is 0 Å². The smallest absolute Gasteiger partial charge is 0.222 e. The molecule has 0 saturated carbocycles. The molecule has 0 aliphatic heterocycles. The highest BCUT2D eigenvalue weighted by molar-refractivity contribution is 5.75. The summed E-state index contributed by atoms with van der Waals surface area (Å²) in [5, 5.41) is 0. The maximum atomic E-state index is 11.9. The first-order valence-corrected chi connectivity index (χ1v) is 6.77. The van der Waals surface area contributed by atoms with Crippen LogP contribution in [0.15, 0.2) is 24.3 Å². The summed E-state index contributed by atoms with van der Waals surface area (Å²) in [6.07, 6.45) is 1.31. The SMILES string of the molecule is CCOCCCC(=O)N(C)Cc1cccc(CN)c1. The number of ether oxygens (including phenoxy) is 1. The summed E-state index contributed by atoms with van der Waals surface area (Å²) in [4.78, 5) is 13.7. The number of rotatable bonds is 8. The van der Waals surface area contributed by atoms with Crippen LogP contribution in [0.4, 0.5) is 0 Å². The molecule has 106 valence electrons. The number of nitrogens with zero attached hydrogens (tertiary/aromatic N) is 1. The minimum atomic E-state index is 0.151. The Morgan fingerprint density at radius 1 is 1.37 bits per heavy atom. The second kappa shape index (κ2) is 8.67. The van der Waals surface area contributed by atoms with Gasteiger partial charge in [-0.05, 0) is 24.5 Å². The van der Waals surface area contributed by atoms with Crippen LogP contribution in [-0.4, -0.2) is 31.1 Å². The van der Waals surface area contributed by atoms with Crippen molar-refractivity contribution in [2.75, 3.05) is 20.3 Å². The van der Waals surface area contributed by atoms with E-state index in [0.717, 1.165) is 17.5 Å². The Morgan fingerprint density at radius 3 is 2.79 bits per heavy atom. The molecular formula is C15H24N2O2. The van der Waals surface area contributed by atoms with E-state index in [1.54, 1.807) is 4.90 Å². The lowest BCUT2D eigenvalue weighted by molar-refractivity contribution is -0.130. The number of amides is 1. The molecule has 0 spiro atoms. The van der Waals surface area contributed by atoms with Crippen molar-refractivity contribution >= 4 is 5.91 Å². The van der Waals surface area contributed by atoms with Gasteiger partial charge >= 0.3 is 0 Å². The van der Waals surface area contributed by atoms with Crippen LogP contribution in [0, 0.1) is 0 Å². The van der Waals surface area contributed by atoms with E-state index in [0.29, 0.717) is 32.7 Å². The van der Waals surface area contributed by atoms with Gasteiger partial charge in [0.05, 0.1) is 0 Å². The van der Waals surface area contributed by atoms with Crippen molar-refractivity contribution in [3.8, 4) is 0 Å². The first kappa shape index (κ1) is 15.7. The highest BCUT2D eigenvalue weighted by Crippen LogP contribution is 2.08. The average Bonchev–Trinajstić information content (AvgIpc) is 2.43. The molecule has 19 heavy (non-hydrogen) atoms. The summed E-state index contributed by atoms with van der Waals surface area (Å²) >= 11 is 0. The molecule has 4 nitrogen and oxygen atoms in total. The zero-order valence-corrected chi connectivity index (χ0v) is 11.9. The van der Waals surface area contributed by atoms with E-state index in [9.17, 15) is 4.79 Å². The van der Waals surface area contributed by atoms with Gasteiger partial charge in [0, 0.05) is 39.8 Å². The summed E-state index contributed by atoms with van der Waals surface area (Å²) < 4.78 is 5.23. The predicted molar refractivity (Wildman–Crippen MR) is 76.5 cm³/mol. The molecule has 1 aromatic carbocycles. The maximum absolute atomic E-state index is 11.9. The molecule has 0 atom stereocenters. The lowest BCUT2D eigenvalue weighted by Crippen LogP contribution is -2.26. The Bertz CT molecular complexity index is 393. The molecule has 0 aromatic heterocycles. The lowest BCUT2D eigenvalue weighted by atomic mass is 10.1. The summed E-state index contributed by atoms with van der Waals surface area (Å²) in [6.45, 7) is 4.47. The van der Waals surface area contributed by atoms with Crippen molar-refractivity contribution in [2.24, 2.45) is 5.73 Å². The quantitative estimate of drug-likeness (QED) is 0.730. The second-order valence-electron chi connectivity index (χ2n) is 4.57. The summed E-state index contributed by atoms with van der Waals surface area (Å²) in [7, 11) is 1.83. The van der Waals surface area contributed by atoms with Crippen molar-refractivity contribution < 1.29 is 9.53 Å². The van der Waals surface area contributed by atoms with Gasteiger partial charge in [-0.25, -0.2) is 0 Å². The Balaban J connectivity index is 2.40. The minimum absolute atomic E-state index is 0.151. The molecular weight excluding hydrogens is 240 g/mol. The minimum Gasteiger partial charge on any atom is -0.382 e. The van der Waals surface area contributed by atoms with E-state index in [1.807, 2.05) is 38.2 Å². The van der Waals surface area contributed by atoms with Gasteiger partial charge < -0.3 is 15.4 Å². The van der Waals surface area contributed by atoms with Crippen LogP contribution in [-0.2, 0) is 22.6 Å². The molecule has 0 aliphatic rings. The number of hydrogen-bond acceptors (Lipinski definition) is 3. The van der Waals surface area contributed by atoms with Gasteiger partial charge in [-0.3, -0.25) is 4.79 Å². The Hall–Kier alpha value is -1.39. The molecule has 0 aliphatic carbocycles. The third-order valence-electron chi connectivity index (χ3n) is 2.96. The largest absolute Gasteiger partial charge is 0.382 e. The van der Waals surface area contributed by atoms with Crippen LogP contribution in [0.1, 0.15) is 30.9 Å². The number of carbonyl (C=O) groups excluding carboxylic acids is 1. The molecule has 0 fully saturated rings. The van der Waals surface area contributed by atoms with Crippen LogP contribution >= 0.6 is 0 Å². The Labute approximate surface area is 115 Å². The van der Waals surface area contributed by atoms with E-state index in [1.165, 1.54) is 0 Å². The molecule has 1 amide bonds. The van der Waals surface area contributed by atoms with Gasteiger partial charge in [-0.15, -0.1) is 0 Å². The molecule has 1 rings (SSSR count). The average molecular weight is 264 g/mol. The number of benzene rings is 1. The second-order valence-corrected chi connectivity index (χ2v) is 4.57. The van der Waals surface area contributed by atoms with Gasteiger partial charge in [0.15, 0.2) is 0 Å². The van der Waals surface area contributed by atoms with E-state index in [-0.39, 0.29) is 5.91 Å². The normalized spacial score (nSPS) is 10.5. The third kappa shape index (κ3) is 5.85. The molecule has 0 bridgehead atoms. The van der Waals surface area contributed by atoms with Crippen molar-refractivity contribution in [2.45, 2.75) is 32.9 Å². The van der Waals surface area contributed by atoms with E-state index < -0.39 is 0 Å². The zero-order chi connectivity index (χ0) is 14.1. The van der Waals surface area contributed by atoms with Crippen molar-refractivity contribution in [3.05, 3.63) is 35.4 Å². The standard InChI is InChI=1S/C15H24N2O2/c1-3-19-9-5-8-15(18)17(2)12-14-7-4-6-13(10-14)11-16/h4,6-7,10H,3,5,8-9,11-12,16H2,1-2H3. The van der Waals surface area contributed by atoms with Crippen LogP contribution in [0.2, 0.25) is 0 Å². The fourth-order valence-electron chi connectivity index (χ4n) is 1.88. The van der Waals surface area contributed by atoms with E-state index in [4.69, 9.17) is 10.5 Å². The first-order valence-electron chi connectivity index (χ1n) is 6.77. The lowest BCUT2D eigenvalue weighted by Gasteiger charge is -2.17. The topological polar surface area (TPSA) is 55.6 Å². The summed E-state index contributed by atoms with van der Waals surface area (Å²) in [6, 6.07) is 8.03. The molecule has 0 unspecified atom stereocenters. The van der Waals surface area contributed by atoms with E-state index in [2.05, 4.69) is 0 Å². The van der Waals surface area contributed by atoms with Crippen molar-refractivity contribution in [1.82, 2.24) is 4.90 Å². The van der Waals surface area contributed by atoms with Gasteiger partial charge in [-0.1, -0.05) is 24.3 Å². The molecule has 0 heterocycles. The molecule has 1 aromatic rings. The fourth-order valence-corrected chi connectivity index (χ4v) is 1.88. The number of nitrogens with two attached hydrogens (primary N) is 1. The van der Waals surface area contributed by atoms with Crippen molar-refractivity contribution in [3.63, 3.8) is 0 Å². The number of carbonyl (C=O) groups is 1. The molecule has 0 saturated heterocycles. The van der Waals surface area contributed by atoms with Crippen LogP contribution < -0.4 is 5.73 Å². The van der Waals surface area contributed by atoms with Crippen LogP contribution in [0.5, 0.6) is 0 Å². The van der Waals surface area contributed by atoms with Crippen LogP contribution in [0.25, 0.3) is 0 Å². The molecule has 4 heteroatoms. The molecule has 0 radical (unpaired) electrons. The predicted octanol–water partition coefficient (Wildman–Crippen LogP) is 1.92. The summed E-state index contributed by atoms with van der Waals surface area (Å²) in [5.41, 5.74) is 7.82. The molecule has 2 N–H and O–H groups in total. The first-order chi connectivity index (χ1) is 9.17. The highest BCUT2D eigenvalue weighted by atomic mass is 16.5. The van der Waals surface area contributed by atoms with Gasteiger partial charge in [-0.2, -0.15) is 0 Å². The third-order valence-corrected chi connectivity index (χ3v) is 2.96. The van der Waals surface area contributed by atoms with Gasteiger partial charge in [0.1, 0.15) is 0 Å². The zero-order valence-electron chi connectivity index (χ0n) is 11.9. The Kier molecular flexibility index (Phi) is 7.15. The fraction of sp³-hybridized carbons (Fsp3) is 0.533. The van der Waals surface area contributed by atoms with Gasteiger partial charge in [0.2, 0.25) is 5.91 Å². The summed E-state index contributed by atoms with van der Waals surface area (Å²) in [5.74, 6) is 0.151. The highest BCUT2D eigenvalue weighted by Gasteiger charge is 2.09. The van der Waals surface area contributed by atoms with Crippen molar-refractivity contribution in [1.29, 1.82) is 0 Å². The maximum Gasteiger partial charge on any atom is 0.222 e.